The predicted molar refractivity (Wildman–Crippen MR) is 96.2 cm³/mol. The number of benzene rings is 1. The van der Waals surface area contributed by atoms with Crippen LogP contribution in [0.1, 0.15) is 30.4 Å². The second-order valence-corrected chi connectivity index (χ2v) is 8.26. The summed E-state index contributed by atoms with van der Waals surface area (Å²) in [4.78, 5) is 13.1. The van der Waals surface area contributed by atoms with Crippen LogP contribution in [0.25, 0.3) is 5.82 Å². The number of imidazole rings is 1. The molecule has 1 aliphatic heterocycles. The molecule has 0 saturated carbocycles. The van der Waals surface area contributed by atoms with Crippen molar-refractivity contribution in [2.24, 2.45) is 0 Å². The van der Waals surface area contributed by atoms with E-state index in [1.54, 1.807) is 29.4 Å². The summed E-state index contributed by atoms with van der Waals surface area (Å²) in [7, 11) is -3.75. The second-order valence-electron chi connectivity index (χ2n) is 6.37. The van der Waals surface area contributed by atoms with Crippen molar-refractivity contribution in [1.82, 2.24) is 23.8 Å². The van der Waals surface area contributed by atoms with E-state index in [-0.39, 0.29) is 4.90 Å². The van der Waals surface area contributed by atoms with E-state index in [4.69, 9.17) is 0 Å². The van der Waals surface area contributed by atoms with Crippen LogP contribution >= 0.6 is 0 Å². The molecule has 7 nitrogen and oxygen atoms in total. The van der Waals surface area contributed by atoms with E-state index < -0.39 is 21.9 Å². The summed E-state index contributed by atoms with van der Waals surface area (Å²) >= 11 is 0. The molecule has 3 heterocycles. The molecular formula is C18H18FN5O2S. The van der Waals surface area contributed by atoms with Crippen molar-refractivity contribution in [2.45, 2.75) is 30.7 Å². The first-order valence-electron chi connectivity index (χ1n) is 8.56. The SMILES string of the molecule is Cc1nccn1-c1cncc(C2CCCN2S(=O)(=O)c2ccc(F)cc2)n1. The molecule has 0 bridgehead atoms. The molecule has 1 aliphatic rings. The Balaban J connectivity index is 1.70. The van der Waals surface area contributed by atoms with Crippen LogP contribution < -0.4 is 0 Å². The third-order valence-corrected chi connectivity index (χ3v) is 6.60. The van der Waals surface area contributed by atoms with Crippen molar-refractivity contribution in [3.05, 3.63) is 66.4 Å². The van der Waals surface area contributed by atoms with Crippen molar-refractivity contribution < 1.29 is 12.8 Å². The van der Waals surface area contributed by atoms with Gasteiger partial charge in [-0.15, -0.1) is 0 Å². The summed E-state index contributed by atoms with van der Waals surface area (Å²) in [5.41, 5.74) is 0.587. The second kappa shape index (κ2) is 6.82. The average Bonchev–Trinajstić information content (AvgIpc) is 3.31. The predicted octanol–water partition coefficient (Wildman–Crippen LogP) is 2.64. The van der Waals surface area contributed by atoms with Gasteiger partial charge >= 0.3 is 0 Å². The Morgan fingerprint density at radius 2 is 1.96 bits per heavy atom. The summed E-state index contributed by atoms with van der Waals surface area (Å²) in [5.74, 6) is 0.887. The van der Waals surface area contributed by atoms with E-state index in [1.165, 1.54) is 16.4 Å². The van der Waals surface area contributed by atoms with E-state index in [0.717, 1.165) is 24.4 Å². The first-order chi connectivity index (χ1) is 13.0. The zero-order valence-electron chi connectivity index (χ0n) is 14.7. The molecule has 1 unspecified atom stereocenters. The van der Waals surface area contributed by atoms with E-state index in [2.05, 4.69) is 15.0 Å². The Hall–Kier alpha value is -2.65. The van der Waals surface area contributed by atoms with Crippen LogP contribution in [-0.2, 0) is 10.0 Å². The maximum Gasteiger partial charge on any atom is 0.243 e. The van der Waals surface area contributed by atoms with Gasteiger partial charge in [0, 0.05) is 18.9 Å². The number of aromatic nitrogens is 4. The van der Waals surface area contributed by atoms with Gasteiger partial charge in [0.1, 0.15) is 11.6 Å². The highest BCUT2D eigenvalue weighted by Gasteiger charge is 2.37. The van der Waals surface area contributed by atoms with Gasteiger partial charge in [0.05, 0.1) is 29.0 Å². The largest absolute Gasteiger partial charge is 0.287 e. The molecule has 0 spiro atoms. The lowest BCUT2D eigenvalue weighted by molar-refractivity contribution is 0.389. The molecule has 1 aromatic carbocycles. The molecule has 3 aromatic rings. The van der Waals surface area contributed by atoms with Gasteiger partial charge in [-0.25, -0.2) is 22.8 Å². The number of rotatable bonds is 4. The molecule has 0 radical (unpaired) electrons. The van der Waals surface area contributed by atoms with Crippen LogP contribution in [-0.4, -0.2) is 38.8 Å². The molecule has 140 valence electrons. The summed E-state index contributed by atoms with van der Waals surface area (Å²) in [5, 5.41) is 0. The number of hydrogen-bond acceptors (Lipinski definition) is 5. The van der Waals surface area contributed by atoms with Gasteiger partial charge in [0.15, 0.2) is 5.82 Å². The third-order valence-electron chi connectivity index (χ3n) is 4.68. The van der Waals surface area contributed by atoms with Crippen LogP contribution in [0, 0.1) is 12.7 Å². The molecule has 2 aromatic heterocycles. The van der Waals surface area contributed by atoms with Gasteiger partial charge in [-0.05, 0) is 44.0 Å². The Kier molecular flexibility index (Phi) is 4.48. The minimum atomic E-state index is -3.75. The molecule has 1 saturated heterocycles. The van der Waals surface area contributed by atoms with Crippen LogP contribution in [0.3, 0.4) is 0 Å². The lowest BCUT2D eigenvalue weighted by atomic mass is 10.2. The van der Waals surface area contributed by atoms with E-state index in [0.29, 0.717) is 24.5 Å². The number of sulfonamides is 1. The fourth-order valence-corrected chi connectivity index (χ4v) is 5.00. The quantitative estimate of drug-likeness (QED) is 0.687. The highest BCUT2D eigenvalue weighted by atomic mass is 32.2. The van der Waals surface area contributed by atoms with Crippen molar-refractivity contribution >= 4 is 10.0 Å². The van der Waals surface area contributed by atoms with E-state index in [9.17, 15) is 12.8 Å². The monoisotopic (exact) mass is 387 g/mol. The van der Waals surface area contributed by atoms with Gasteiger partial charge in [0.2, 0.25) is 10.0 Å². The van der Waals surface area contributed by atoms with Gasteiger partial charge in [-0.2, -0.15) is 4.31 Å². The van der Waals surface area contributed by atoms with Crippen molar-refractivity contribution in [3.63, 3.8) is 0 Å². The first kappa shape index (κ1) is 17.7. The first-order valence-corrected chi connectivity index (χ1v) is 10.0. The lowest BCUT2D eigenvalue weighted by Crippen LogP contribution is -2.31. The minimum Gasteiger partial charge on any atom is -0.287 e. The highest BCUT2D eigenvalue weighted by Crippen LogP contribution is 2.35. The molecule has 9 heteroatoms. The average molecular weight is 387 g/mol. The fourth-order valence-electron chi connectivity index (χ4n) is 3.33. The molecular weight excluding hydrogens is 369 g/mol. The van der Waals surface area contributed by atoms with Gasteiger partial charge in [-0.3, -0.25) is 9.55 Å². The van der Waals surface area contributed by atoms with E-state index in [1.807, 2.05) is 6.92 Å². The van der Waals surface area contributed by atoms with Crippen molar-refractivity contribution in [3.8, 4) is 5.82 Å². The van der Waals surface area contributed by atoms with Gasteiger partial charge in [0.25, 0.3) is 0 Å². The normalized spacial score (nSPS) is 18.1. The Labute approximate surface area is 156 Å². The molecule has 1 fully saturated rings. The standard InChI is InChI=1S/C18H18FN5O2S/c1-13-21-8-10-23(13)18-12-20-11-16(22-18)17-3-2-9-24(17)27(25,26)15-6-4-14(19)5-7-15/h4-8,10-12,17H,2-3,9H2,1H3. The third kappa shape index (κ3) is 3.24. The Morgan fingerprint density at radius 1 is 1.19 bits per heavy atom. The lowest BCUT2D eigenvalue weighted by Gasteiger charge is -2.24. The molecule has 0 N–H and O–H groups in total. The van der Waals surface area contributed by atoms with Crippen molar-refractivity contribution in [1.29, 1.82) is 0 Å². The fraction of sp³-hybridized carbons (Fsp3) is 0.278. The zero-order valence-corrected chi connectivity index (χ0v) is 15.5. The van der Waals surface area contributed by atoms with E-state index >= 15 is 0 Å². The van der Waals surface area contributed by atoms with Crippen molar-refractivity contribution in [2.75, 3.05) is 6.54 Å². The Bertz CT molecular complexity index is 1070. The minimum absolute atomic E-state index is 0.0744. The maximum absolute atomic E-state index is 13.2. The number of nitrogens with zero attached hydrogens (tertiary/aromatic N) is 5. The number of aryl methyl sites for hydroxylation is 1. The molecule has 27 heavy (non-hydrogen) atoms. The van der Waals surface area contributed by atoms with Crippen LogP contribution in [0.15, 0.2) is 53.9 Å². The summed E-state index contributed by atoms with van der Waals surface area (Å²) in [6.45, 7) is 2.25. The number of hydrogen-bond donors (Lipinski definition) is 0. The molecule has 1 atom stereocenters. The topological polar surface area (TPSA) is 81.0 Å². The Morgan fingerprint density at radius 3 is 2.67 bits per heavy atom. The van der Waals surface area contributed by atoms with Gasteiger partial charge < -0.3 is 0 Å². The highest BCUT2D eigenvalue weighted by molar-refractivity contribution is 7.89. The summed E-state index contributed by atoms with van der Waals surface area (Å²) in [6.07, 6.45) is 8.04. The van der Waals surface area contributed by atoms with Gasteiger partial charge in [-0.1, -0.05) is 0 Å². The summed E-state index contributed by atoms with van der Waals surface area (Å²) in [6, 6.07) is 4.48. The van der Waals surface area contributed by atoms with Crippen LogP contribution in [0.5, 0.6) is 0 Å². The smallest absolute Gasteiger partial charge is 0.243 e. The van der Waals surface area contributed by atoms with Crippen LogP contribution in [0.4, 0.5) is 4.39 Å². The molecule has 4 rings (SSSR count). The zero-order chi connectivity index (χ0) is 19.0. The number of halogens is 1. The molecule has 0 amide bonds. The summed E-state index contributed by atoms with van der Waals surface area (Å²) < 4.78 is 42.5. The van der Waals surface area contributed by atoms with Crippen LogP contribution in [0.2, 0.25) is 0 Å². The molecule has 0 aliphatic carbocycles. The maximum atomic E-state index is 13.2.